The first kappa shape index (κ1) is 11.6. The molecule has 0 atom stereocenters. The highest BCUT2D eigenvalue weighted by Gasteiger charge is 2.02. The number of benzene rings is 1. The smallest absolute Gasteiger partial charge is 0.0710 e. The number of aromatic nitrogens is 2. The van der Waals surface area contributed by atoms with Crippen LogP contribution in [0.5, 0.6) is 0 Å². The summed E-state index contributed by atoms with van der Waals surface area (Å²) in [6, 6.07) is 18.5. The lowest BCUT2D eigenvalue weighted by atomic mass is 10.1. The number of rotatable bonds is 2. The maximum Gasteiger partial charge on any atom is 0.0710 e. The van der Waals surface area contributed by atoms with E-state index >= 15 is 0 Å². The molecule has 0 N–H and O–H groups in total. The van der Waals surface area contributed by atoms with Crippen LogP contribution < -0.4 is 0 Å². The van der Waals surface area contributed by atoms with Crippen molar-refractivity contribution >= 4 is 0 Å². The van der Waals surface area contributed by atoms with E-state index < -0.39 is 0 Å². The molecule has 0 unspecified atom stereocenters. The van der Waals surface area contributed by atoms with Gasteiger partial charge in [-0.1, -0.05) is 35.9 Å². The van der Waals surface area contributed by atoms with Gasteiger partial charge in [0, 0.05) is 23.5 Å². The SMILES string of the molecule is Cc1ccc(-c2cccc(-c3ccncc3)n2)cc1. The quantitative estimate of drug-likeness (QED) is 0.679. The zero-order chi connectivity index (χ0) is 13.1. The van der Waals surface area contributed by atoms with E-state index in [4.69, 9.17) is 4.98 Å². The molecule has 0 saturated heterocycles. The molecule has 0 aliphatic rings. The summed E-state index contributed by atoms with van der Waals surface area (Å²) in [5, 5.41) is 0. The second-order valence-electron chi connectivity index (χ2n) is 4.51. The van der Waals surface area contributed by atoms with E-state index in [9.17, 15) is 0 Å². The predicted octanol–water partition coefficient (Wildman–Crippen LogP) is 4.12. The molecule has 1 aromatic carbocycles. The monoisotopic (exact) mass is 246 g/mol. The molecule has 92 valence electrons. The fourth-order valence-electron chi connectivity index (χ4n) is 2.00. The van der Waals surface area contributed by atoms with Crippen molar-refractivity contribution in [2.45, 2.75) is 6.92 Å². The van der Waals surface area contributed by atoms with Gasteiger partial charge >= 0.3 is 0 Å². The Kier molecular flexibility index (Phi) is 3.07. The second kappa shape index (κ2) is 5.02. The standard InChI is InChI=1S/C17H14N2/c1-13-5-7-14(8-6-13)16-3-2-4-17(19-16)15-9-11-18-12-10-15/h2-12H,1H3. The molecule has 0 fully saturated rings. The van der Waals surface area contributed by atoms with Gasteiger partial charge in [0.25, 0.3) is 0 Å². The molecular weight excluding hydrogens is 232 g/mol. The molecule has 3 rings (SSSR count). The van der Waals surface area contributed by atoms with E-state index in [-0.39, 0.29) is 0 Å². The van der Waals surface area contributed by atoms with E-state index in [1.807, 2.05) is 30.3 Å². The highest BCUT2D eigenvalue weighted by atomic mass is 14.7. The molecule has 0 bridgehead atoms. The molecule has 2 heterocycles. The first-order valence-corrected chi connectivity index (χ1v) is 6.27. The van der Waals surface area contributed by atoms with E-state index in [0.29, 0.717) is 0 Å². The van der Waals surface area contributed by atoms with Crippen molar-refractivity contribution in [3.05, 3.63) is 72.6 Å². The zero-order valence-corrected chi connectivity index (χ0v) is 10.7. The van der Waals surface area contributed by atoms with Crippen molar-refractivity contribution in [2.24, 2.45) is 0 Å². The van der Waals surface area contributed by atoms with Crippen molar-refractivity contribution in [1.82, 2.24) is 9.97 Å². The van der Waals surface area contributed by atoms with Crippen LogP contribution in [0.15, 0.2) is 67.0 Å². The first-order chi connectivity index (χ1) is 9.33. The summed E-state index contributed by atoms with van der Waals surface area (Å²) >= 11 is 0. The van der Waals surface area contributed by atoms with E-state index in [0.717, 1.165) is 22.5 Å². The number of aryl methyl sites for hydroxylation is 1. The Balaban J connectivity index is 2.03. The van der Waals surface area contributed by atoms with Gasteiger partial charge in [0.2, 0.25) is 0 Å². The van der Waals surface area contributed by atoms with E-state index in [1.54, 1.807) is 12.4 Å². The third kappa shape index (κ3) is 2.52. The lowest BCUT2D eigenvalue weighted by Gasteiger charge is -2.05. The molecule has 0 radical (unpaired) electrons. The zero-order valence-electron chi connectivity index (χ0n) is 10.7. The van der Waals surface area contributed by atoms with Gasteiger partial charge in [-0.05, 0) is 31.2 Å². The van der Waals surface area contributed by atoms with Crippen LogP contribution in [0.2, 0.25) is 0 Å². The summed E-state index contributed by atoms with van der Waals surface area (Å²) in [6.45, 7) is 2.09. The third-order valence-corrected chi connectivity index (χ3v) is 3.07. The van der Waals surface area contributed by atoms with Gasteiger partial charge in [0.15, 0.2) is 0 Å². The van der Waals surface area contributed by atoms with E-state index in [1.165, 1.54) is 5.56 Å². The molecule has 0 saturated carbocycles. The van der Waals surface area contributed by atoms with Gasteiger partial charge < -0.3 is 0 Å². The molecule has 0 aliphatic heterocycles. The average Bonchev–Trinajstić information content (AvgIpc) is 2.49. The Hall–Kier alpha value is -2.48. The van der Waals surface area contributed by atoms with Gasteiger partial charge in [0.1, 0.15) is 0 Å². The molecule has 2 heteroatoms. The van der Waals surface area contributed by atoms with Gasteiger partial charge in [-0.2, -0.15) is 0 Å². The number of nitrogens with zero attached hydrogens (tertiary/aromatic N) is 2. The van der Waals surface area contributed by atoms with Crippen molar-refractivity contribution < 1.29 is 0 Å². The van der Waals surface area contributed by atoms with Crippen LogP contribution in [0.4, 0.5) is 0 Å². The maximum atomic E-state index is 4.72. The van der Waals surface area contributed by atoms with Gasteiger partial charge in [0.05, 0.1) is 11.4 Å². The maximum absolute atomic E-state index is 4.72. The summed E-state index contributed by atoms with van der Waals surface area (Å²) in [5.74, 6) is 0. The molecular formula is C17H14N2. The summed E-state index contributed by atoms with van der Waals surface area (Å²) in [5.41, 5.74) is 5.45. The first-order valence-electron chi connectivity index (χ1n) is 6.27. The molecule has 0 spiro atoms. The highest BCUT2D eigenvalue weighted by molar-refractivity contribution is 5.65. The number of hydrogen-bond acceptors (Lipinski definition) is 2. The van der Waals surface area contributed by atoms with Crippen LogP contribution in [0.1, 0.15) is 5.56 Å². The fourth-order valence-corrected chi connectivity index (χ4v) is 2.00. The minimum absolute atomic E-state index is 0.973. The molecule has 3 aromatic rings. The Morgan fingerprint density at radius 1 is 0.684 bits per heavy atom. The van der Waals surface area contributed by atoms with Crippen LogP contribution in [-0.2, 0) is 0 Å². The van der Waals surface area contributed by atoms with Gasteiger partial charge in [-0.3, -0.25) is 4.98 Å². The summed E-state index contributed by atoms with van der Waals surface area (Å²) in [7, 11) is 0. The van der Waals surface area contributed by atoms with Crippen LogP contribution in [0.3, 0.4) is 0 Å². The predicted molar refractivity (Wildman–Crippen MR) is 77.6 cm³/mol. The number of hydrogen-bond donors (Lipinski definition) is 0. The topological polar surface area (TPSA) is 25.8 Å². The summed E-state index contributed by atoms with van der Waals surface area (Å²) in [6.07, 6.45) is 3.57. The Morgan fingerprint density at radius 2 is 1.26 bits per heavy atom. The summed E-state index contributed by atoms with van der Waals surface area (Å²) < 4.78 is 0. The second-order valence-corrected chi connectivity index (χ2v) is 4.51. The van der Waals surface area contributed by atoms with Crippen molar-refractivity contribution in [2.75, 3.05) is 0 Å². The lowest BCUT2D eigenvalue weighted by Crippen LogP contribution is -1.88. The largest absolute Gasteiger partial charge is 0.265 e. The Labute approximate surface area is 112 Å². The average molecular weight is 246 g/mol. The Bertz CT molecular complexity index is 673. The van der Waals surface area contributed by atoms with Crippen molar-refractivity contribution in [3.63, 3.8) is 0 Å². The van der Waals surface area contributed by atoms with Crippen LogP contribution in [0, 0.1) is 6.92 Å². The summed E-state index contributed by atoms with van der Waals surface area (Å²) in [4.78, 5) is 8.75. The minimum atomic E-state index is 0.973. The molecule has 0 amide bonds. The molecule has 2 aromatic heterocycles. The number of pyridine rings is 2. The van der Waals surface area contributed by atoms with E-state index in [2.05, 4.69) is 36.2 Å². The normalized spacial score (nSPS) is 10.4. The lowest BCUT2D eigenvalue weighted by molar-refractivity contribution is 1.29. The van der Waals surface area contributed by atoms with Crippen molar-refractivity contribution in [1.29, 1.82) is 0 Å². The third-order valence-electron chi connectivity index (χ3n) is 3.07. The molecule has 19 heavy (non-hydrogen) atoms. The van der Waals surface area contributed by atoms with Crippen LogP contribution in [-0.4, -0.2) is 9.97 Å². The minimum Gasteiger partial charge on any atom is -0.265 e. The van der Waals surface area contributed by atoms with Gasteiger partial charge in [-0.25, -0.2) is 4.98 Å². The van der Waals surface area contributed by atoms with Gasteiger partial charge in [-0.15, -0.1) is 0 Å². The molecule has 0 aliphatic carbocycles. The van der Waals surface area contributed by atoms with Crippen molar-refractivity contribution in [3.8, 4) is 22.5 Å². The highest BCUT2D eigenvalue weighted by Crippen LogP contribution is 2.22. The van der Waals surface area contributed by atoms with Crippen LogP contribution in [0.25, 0.3) is 22.5 Å². The fraction of sp³-hybridized carbons (Fsp3) is 0.0588. The van der Waals surface area contributed by atoms with Crippen LogP contribution >= 0.6 is 0 Å². The Morgan fingerprint density at radius 3 is 1.89 bits per heavy atom. The molecule has 2 nitrogen and oxygen atoms in total.